The zero-order valence-electron chi connectivity index (χ0n) is 15.7. The summed E-state index contributed by atoms with van der Waals surface area (Å²) in [6.07, 6.45) is -3.28. The molecule has 2 aromatic rings. The van der Waals surface area contributed by atoms with Gasteiger partial charge in [-0.1, -0.05) is 0 Å². The lowest BCUT2D eigenvalue weighted by Gasteiger charge is -2.09. The number of rotatable bonds is 6. The molecule has 1 fully saturated rings. The van der Waals surface area contributed by atoms with Crippen LogP contribution < -0.4 is 11.1 Å². The number of methoxy groups -OCH3 is 1. The first-order valence-electron chi connectivity index (χ1n) is 8.60. The SMILES string of the molecule is COC(=O)c1c(NC(=O)Cn2nc(C(F)(F)F)c(Br)c2C2CC2)sc(C(N)=O)c1C. The Kier molecular flexibility index (Phi) is 5.96. The number of alkyl halides is 3. The number of anilines is 1. The van der Waals surface area contributed by atoms with Gasteiger partial charge >= 0.3 is 12.1 Å². The van der Waals surface area contributed by atoms with Crippen LogP contribution in [0.3, 0.4) is 0 Å². The molecule has 0 aromatic carbocycles. The first-order valence-corrected chi connectivity index (χ1v) is 10.2. The second-order valence-electron chi connectivity index (χ2n) is 6.64. The van der Waals surface area contributed by atoms with Crippen molar-refractivity contribution in [2.24, 2.45) is 5.73 Å². The molecule has 0 radical (unpaired) electrons. The molecular formula is C17H16BrF3N4O4S. The second kappa shape index (κ2) is 8.02. The van der Waals surface area contributed by atoms with E-state index in [2.05, 4.69) is 31.1 Å². The van der Waals surface area contributed by atoms with E-state index in [4.69, 9.17) is 5.73 Å². The van der Waals surface area contributed by atoms with Crippen LogP contribution in [-0.2, 0) is 22.3 Å². The van der Waals surface area contributed by atoms with Crippen LogP contribution in [0, 0.1) is 6.92 Å². The van der Waals surface area contributed by atoms with Crippen LogP contribution in [0.15, 0.2) is 4.47 Å². The van der Waals surface area contributed by atoms with E-state index in [-0.39, 0.29) is 31.4 Å². The number of hydrogen-bond acceptors (Lipinski definition) is 6. The van der Waals surface area contributed by atoms with Gasteiger partial charge in [0.1, 0.15) is 11.5 Å². The van der Waals surface area contributed by atoms with Crippen LogP contribution in [0.25, 0.3) is 0 Å². The highest BCUT2D eigenvalue weighted by Gasteiger charge is 2.42. The standard InChI is InChI=1S/C17H16BrF3N4O4S/c1-6-9(16(28)29-2)15(30-12(6)14(22)27)23-8(26)5-25-11(7-3-4-7)10(18)13(24-25)17(19,20)21/h7H,3-5H2,1-2H3,(H2,22,27)(H,23,26). The molecule has 30 heavy (non-hydrogen) atoms. The molecule has 0 unspecified atom stereocenters. The van der Waals surface area contributed by atoms with Crippen molar-refractivity contribution in [3.63, 3.8) is 0 Å². The zero-order chi connectivity index (χ0) is 22.4. The topological polar surface area (TPSA) is 116 Å². The van der Waals surface area contributed by atoms with Crippen LogP contribution in [0.2, 0.25) is 0 Å². The molecule has 0 spiro atoms. The number of nitrogens with one attached hydrogen (secondary N) is 1. The smallest absolute Gasteiger partial charge is 0.436 e. The van der Waals surface area contributed by atoms with E-state index in [0.717, 1.165) is 23.1 Å². The van der Waals surface area contributed by atoms with Crippen molar-refractivity contribution < 1.29 is 32.3 Å². The van der Waals surface area contributed by atoms with Crippen LogP contribution in [0.1, 0.15) is 55.7 Å². The first-order chi connectivity index (χ1) is 14.0. The quantitative estimate of drug-likeness (QED) is 0.579. The lowest BCUT2D eigenvalue weighted by atomic mass is 10.1. The molecule has 3 rings (SSSR count). The van der Waals surface area contributed by atoms with E-state index in [1.54, 1.807) is 0 Å². The number of hydrogen-bond donors (Lipinski definition) is 2. The molecule has 162 valence electrons. The summed E-state index contributed by atoms with van der Waals surface area (Å²) in [4.78, 5) is 36.3. The molecule has 3 N–H and O–H groups in total. The lowest BCUT2D eigenvalue weighted by molar-refractivity contribution is -0.142. The van der Waals surface area contributed by atoms with E-state index in [9.17, 15) is 27.6 Å². The molecule has 1 aliphatic rings. The monoisotopic (exact) mass is 508 g/mol. The van der Waals surface area contributed by atoms with Crippen molar-refractivity contribution in [2.75, 3.05) is 12.4 Å². The number of nitrogens with two attached hydrogens (primary N) is 1. The van der Waals surface area contributed by atoms with E-state index in [0.29, 0.717) is 18.5 Å². The fourth-order valence-electron chi connectivity index (χ4n) is 2.99. The largest absolute Gasteiger partial charge is 0.465 e. The number of aromatic nitrogens is 2. The fraction of sp³-hybridized carbons (Fsp3) is 0.412. The van der Waals surface area contributed by atoms with Gasteiger partial charge in [-0.25, -0.2) is 4.79 Å². The van der Waals surface area contributed by atoms with E-state index in [1.165, 1.54) is 6.92 Å². The van der Waals surface area contributed by atoms with Gasteiger partial charge in [-0.15, -0.1) is 11.3 Å². The third kappa shape index (κ3) is 4.21. The maximum atomic E-state index is 13.2. The van der Waals surface area contributed by atoms with Crippen molar-refractivity contribution in [3.05, 3.63) is 31.9 Å². The number of primary amides is 1. The predicted molar refractivity (Wildman–Crippen MR) is 104 cm³/mol. The van der Waals surface area contributed by atoms with Crippen LogP contribution >= 0.6 is 27.3 Å². The summed E-state index contributed by atoms with van der Waals surface area (Å²) in [5.41, 5.74) is 4.70. The fourth-order valence-corrected chi connectivity index (χ4v) is 4.88. The van der Waals surface area contributed by atoms with Gasteiger partial charge in [0.2, 0.25) is 5.91 Å². The summed E-state index contributed by atoms with van der Waals surface area (Å²) >= 11 is 3.74. The summed E-state index contributed by atoms with van der Waals surface area (Å²) in [5, 5.41) is 6.05. The Morgan fingerprint density at radius 1 is 1.37 bits per heavy atom. The number of thiophene rings is 1. The minimum atomic E-state index is -4.68. The van der Waals surface area contributed by atoms with Gasteiger partial charge in [0.05, 0.1) is 27.7 Å². The summed E-state index contributed by atoms with van der Waals surface area (Å²) in [6, 6.07) is 0. The molecule has 0 bridgehead atoms. The van der Waals surface area contributed by atoms with Crippen molar-refractivity contribution in [2.45, 2.75) is 38.4 Å². The van der Waals surface area contributed by atoms with Gasteiger partial charge < -0.3 is 15.8 Å². The van der Waals surface area contributed by atoms with Crippen LogP contribution in [0.5, 0.6) is 0 Å². The van der Waals surface area contributed by atoms with Gasteiger partial charge in [0.25, 0.3) is 5.91 Å². The summed E-state index contributed by atoms with van der Waals surface area (Å²) in [7, 11) is 1.14. The molecule has 1 aliphatic carbocycles. The van der Waals surface area contributed by atoms with Crippen molar-refractivity contribution in [1.82, 2.24) is 9.78 Å². The zero-order valence-corrected chi connectivity index (χ0v) is 18.1. The Morgan fingerprint density at radius 3 is 2.50 bits per heavy atom. The molecule has 0 atom stereocenters. The second-order valence-corrected chi connectivity index (χ2v) is 8.46. The van der Waals surface area contributed by atoms with E-state index in [1.807, 2.05) is 0 Å². The van der Waals surface area contributed by atoms with E-state index >= 15 is 0 Å². The summed E-state index contributed by atoms with van der Waals surface area (Å²) in [5.74, 6) is -2.41. The lowest BCUT2D eigenvalue weighted by Crippen LogP contribution is -2.22. The number of esters is 1. The number of nitrogens with zero attached hydrogens (tertiary/aromatic N) is 2. The molecule has 2 amide bonds. The van der Waals surface area contributed by atoms with Gasteiger partial charge in [-0.05, 0) is 41.3 Å². The van der Waals surface area contributed by atoms with Crippen molar-refractivity contribution in [3.8, 4) is 0 Å². The predicted octanol–water partition coefficient (Wildman–Crippen LogP) is 3.44. The van der Waals surface area contributed by atoms with Crippen LogP contribution in [0.4, 0.5) is 18.2 Å². The van der Waals surface area contributed by atoms with Gasteiger partial charge in [-0.2, -0.15) is 18.3 Å². The molecule has 1 saturated carbocycles. The average Bonchev–Trinajstić information content (AvgIpc) is 3.34. The Hall–Kier alpha value is -2.41. The number of carbonyl (C=O) groups is 3. The number of amides is 2. The van der Waals surface area contributed by atoms with E-state index < -0.39 is 36.2 Å². The van der Waals surface area contributed by atoms with Crippen molar-refractivity contribution >= 4 is 50.1 Å². The van der Waals surface area contributed by atoms with Crippen LogP contribution in [-0.4, -0.2) is 34.7 Å². The van der Waals surface area contributed by atoms with Gasteiger partial charge in [0, 0.05) is 5.92 Å². The minimum Gasteiger partial charge on any atom is -0.465 e. The highest BCUT2D eigenvalue weighted by molar-refractivity contribution is 9.10. The molecule has 0 aliphatic heterocycles. The molecule has 0 saturated heterocycles. The maximum absolute atomic E-state index is 13.2. The van der Waals surface area contributed by atoms with Crippen molar-refractivity contribution in [1.29, 1.82) is 0 Å². The highest BCUT2D eigenvalue weighted by Crippen LogP contribution is 2.47. The third-order valence-electron chi connectivity index (χ3n) is 4.47. The molecule has 2 aromatic heterocycles. The summed E-state index contributed by atoms with van der Waals surface area (Å²) in [6.45, 7) is 0.966. The number of halogens is 4. The van der Waals surface area contributed by atoms with Gasteiger partial charge in [-0.3, -0.25) is 14.3 Å². The van der Waals surface area contributed by atoms with Gasteiger partial charge in [0.15, 0.2) is 5.69 Å². The third-order valence-corrected chi connectivity index (χ3v) is 6.47. The summed E-state index contributed by atoms with van der Waals surface area (Å²) < 4.78 is 45.2. The maximum Gasteiger partial charge on any atom is 0.436 e. The Balaban J connectivity index is 1.91. The minimum absolute atomic E-state index is 0.0217. The number of ether oxygens (including phenoxy) is 1. The molecular weight excluding hydrogens is 493 g/mol. The Labute approximate surface area is 180 Å². The first kappa shape index (κ1) is 22.3. The number of carbonyl (C=O) groups excluding carboxylic acids is 3. The highest BCUT2D eigenvalue weighted by atomic mass is 79.9. The normalized spacial score (nSPS) is 13.9. The molecule has 13 heteroatoms. The molecule has 8 nitrogen and oxygen atoms in total. The average molecular weight is 509 g/mol. The molecule has 2 heterocycles. The Morgan fingerprint density at radius 2 is 2.00 bits per heavy atom. The Bertz CT molecular complexity index is 1040.